The van der Waals surface area contributed by atoms with Crippen molar-refractivity contribution in [1.82, 2.24) is 15.2 Å². The van der Waals surface area contributed by atoms with Crippen LogP contribution in [0.5, 0.6) is 0 Å². The molecule has 1 atom stereocenters. The van der Waals surface area contributed by atoms with E-state index in [9.17, 15) is 0 Å². The van der Waals surface area contributed by atoms with E-state index < -0.39 is 0 Å². The molecule has 1 aromatic heterocycles. The van der Waals surface area contributed by atoms with Crippen LogP contribution < -0.4 is 5.32 Å². The van der Waals surface area contributed by atoms with Crippen molar-refractivity contribution >= 4 is 10.9 Å². The van der Waals surface area contributed by atoms with Crippen molar-refractivity contribution in [3.8, 4) is 0 Å². The lowest BCUT2D eigenvalue weighted by molar-refractivity contribution is 0.224. The van der Waals surface area contributed by atoms with E-state index in [1.165, 1.54) is 5.39 Å². The molecular formula is C17H25N3. The number of fused-ring (bicyclic) bond motifs is 1. The maximum Gasteiger partial charge on any atom is 0.0705 e. The fraction of sp³-hybridized carbons (Fsp3) is 0.471. The maximum absolute atomic E-state index is 4.69. The van der Waals surface area contributed by atoms with Crippen LogP contribution in [0.1, 0.15) is 19.5 Å². The fourth-order valence-electron chi connectivity index (χ4n) is 2.57. The summed E-state index contributed by atoms with van der Waals surface area (Å²) in [6, 6.07) is 13.0. The number of nitrogens with one attached hydrogen (secondary N) is 1. The van der Waals surface area contributed by atoms with E-state index in [0.717, 1.165) is 24.3 Å². The highest BCUT2D eigenvalue weighted by Crippen LogP contribution is 2.12. The molecule has 2 aromatic rings. The second-order valence-electron chi connectivity index (χ2n) is 5.90. The average molecular weight is 271 g/mol. The largest absolute Gasteiger partial charge is 0.310 e. The summed E-state index contributed by atoms with van der Waals surface area (Å²) >= 11 is 0. The predicted octanol–water partition coefficient (Wildman–Crippen LogP) is 2.91. The zero-order valence-corrected chi connectivity index (χ0v) is 12.9. The molecule has 1 aromatic carbocycles. The van der Waals surface area contributed by atoms with Gasteiger partial charge in [0, 0.05) is 24.5 Å². The fourth-order valence-corrected chi connectivity index (χ4v) is 2.57. The molecule has 0 saturated carbocycles. The Labute approximate surface area is 122 Å². The minimum atomic E-state index is 0.551. The van der Waals surface area contributed by atoms with Crippen molar-refractivity contribution in [2.75, 3.05) is 20.6 Å². The summed E-state index contributed by atoms with van der Waals surface area (Å²) in [5.74, 6) is 0.641. The number of likely N-dealkylation sites (N-methyl/N-ethyl adjacent to an activating group) is 1. The smallest absolute Gasteiger partial charge is 0.0705 e. The zero-order chi connectivity index (χ0) is 14.5. The molecule has 108 valence electrons. The number of nitrogens with zero attached hydrogens (tertiary/aromatic N) is 2. The molecule has 3 heteroatoms. The van der Waals surface area contributed by atoms with E-state index in [4.69, 9.17) is 0 Å². The Bertz CT molecular complexity index is 541. The third-order valence-electron chi connectivity index (χ3n) is 3.75. The van der Waals surface area contributed by atoms with Crippen molar-refractivity contribution in [2.24, 2.45) is 5.92 Å². The van der Waals surface area contributed by atoms with Crippen molar-refractivity contribution in [1.29, 1.82) is 0 Å². The Balaban J connectivity index is 1.95. The number of para-hydroxylation sites is 1. The van der Waals surface area contributed by atoms with Crippen LogP contribution in [-0.4, -0.2) is 36.6 Å². The van der Waals surface area contributed by atoms with Crippen LogP contribution in [0.2, 0.25) is 0 Å². The Morgan fingerprint density at radius 3 is 2.55 bits per heavy atom. The minimum Gasteiger partial charge on any atom is -0.310 e. The summed E-state index contributed by atoms with van der Waals surface area (Å²) in [5.41, 5.74) is 2.17. The van der Waals surface area contributed by atoms with Gasteiger partial charge in [-0.2, -0.15) is 0 Å². The SMILES string of the molecule is CC(C)C(CNCc1ccc2ccccc2n1)N(C)C. The van der Waals surface area contributed by atoms with Gasteiger partial charge in [-0.05, 0) is 32.1 Å². The van der Waals surface area contributed by atoms with Gasteiger partial charge >= 0.3 is 0 Å². The number of rotatable bonds is 6. The van der Waals surface area contributed by atoms with Crippen molar-refractivity contribution in [3.05, 3.63) is 42.1 Å². The van der Waals surface area contributed by atoms with Gasteiger partial charge in [-0.1, -0.05) is 38.1 Å². The molecule has 0 aliphatic rings. The number of benzene rings is 1. The Morgan fingerprint density at radius 1 is 1.10 bits per heavy atom. The molecule has 0 fully saturated rings. The Kier molecular flexibility index (Phi) is 5.10. The van der Waals surface area contributed by atoms with E-state index >= 15 is 0 Å². The van der Waals surface area contributed by atoms with Gasteiger partial charge in [-0.15, -0.1) is 0 Å². The van der Waals surface area contributed by atoms with Gasteiger partial charge in [-0.25, -0.2) is 0 Å². The number of pyridine rings is 1. The first-order valence-electron chi connectivity index (χ1n) is 7.29. The molecule has 3 nitrogen and oxygen atoms in total. The molecule has 0 saturated heterocycles. The van der Waals surface area contributed by atoms with E-state index in [1.54, 1.807) is 0 Å². The highest BCUT2D eigenvalue weighted by atomic mass is 15.1. The van der Waals surface area contributed by atoms with Gasteiger partial charge < -0.3 is 10.2 Å². The molecule has 1 unspecified atom stereocenters. The highest BCUT2D eigenvalue weighted by Gasteiger charge is 2.14. The zero-order valence-electron chi connectivity index (χ0n) is 12.9. The summed E-state index contributed by atoms with van der Waals surface area (Å²) in [7, 11) is 4.28. The van der Waals surface area contributed by atoms with Crippen molar-refractivity contribution in [3.63, 3.8) is 0 Å². The highest BCUT2D eigenvalue weighted by molar-refractivity contribution is 5.78. The molecule has 1 heterocycles. The Hall–Kier alpha value is -1.45. The molecule has 0 bridgehead atoms. The summed E-state index contributed by atoms with van der Waals surface area (Å²) in [5, 5.41) is 4.72. The normalized spacial score (nSPS) is 13.3. The molecule has 0 spiro atoms. The third kappa shape index (κ3) is 3.78. The van der Waals surface area contributed by atoms with Crippen LogP contribution in [0.25, 0.3) is 10.9 Å². The van der Waals surface area contributed by atoms with Crippen molar-refractivity contribution in [2.45, 2.75) is 26.4 Å². The topological polar surface area (TPSA) is 28.2 Å². The summed E-state index contributed by atoms with van der Waals surface area (Å²) in [6.07, 6.45) is 0. The lowest BCUT2D eigenvalue weighted by Crippen LogP contribution is -2.41. The lowest BCUT2D eigenvalue weighted by atomic mass is 10.0. The number of hydrogen-bond donors (Lipinski definition) is 1. The first-order chi connectivity index (χ1) is 9.58. The second-order valence-corrected chi connectivity index (χ2v) is 5.90. The average Bonchev–Trinajstić information content (AvgIpc) is 2.42. The van der Waals surface area contributed by atoms with Gasteiger partial charge in [0.1, 0.15) is 0 Å². The van der Waals surface area contributed by atoms with Crippen LogP contribution in [0.4, 0.5) is 0 Å². The lowest BCUT2D eigenvalue weighted by Gasteiger charge is -2.28. The number of aromatic nitrogens is 1. The molecule has 0 radical (unpaired) electrons. The van der Waals surface area contributed by atoms with Crippen LogP contribution in [0.15, 0.2) is 36.4 Å². The van der Waals surface area contributed by atoms with Crippen LogP contribution in [-0.2, 0) is 6.54 Å². The van der Waals surface area contributed by atoms with Gasteiger partial charge in [0.05, 0.1) is 11.2 Å². The van der Waals surface area contributed by atoms with Gasteiger partial charge in [0.15, 0.2) is 0 Å². The standard InChI is InChI=1S/C17H25N3/c1-13(2)17(20(3)4)12-18-11-15-10-9-14-7-5-6-8-16(14)19-15/h5-10,13,17-18H,11-12H2,1-4H3. The second kappa shape index (κ2) is 6.82. The molecule has 0 amide bonds. The van der Waals surface area contributed by atoms with Gasteiger partial charge in [0.25, 0.3) is 0 Å². The van der Waals surface area contributed by atoms with E-state index in [-0.39, 0.29) is 0 Å². The van der Waals surface area contributed by atoms with Gasteiger partial charge in [0.2, 0.25) is 0 Å². The van der Waals surface area contributed by atoms with Crippen LogP contribution >= 0.6 is 0 Å². The molecule has 1 N–H and O–H groups in total. The monoisotopic (exact) mass is 271 g/mol. The summed E-state index contributed by atoms with van der Waals surface area (Å²) < 4.78 is 0. The summed E-state index contributed by atoms with van der Waals surface area (Å²) in [4.78, 5) is 6.97. The molecule has 0 aliphatic carbocycles. The molecule has 20 heavy (non-hydrogen) atoms. The van der Waals surface area contributed by atoms with Crippen LogP contribution in [0, 0.1) is 5.92 Å². The number of hydrogen-bond acceptors (Lipinski definition) is 3. The predicted molar refractivity (Wildman–Crippen MR) is 85.8 cm³/mol. The van der Waals surface area contributed by atoms with E-state index in [0.29, 0.717) is 12.0 Å². The summed E-state index contributed by atoms with van der Waals surface area (Å²) in [6.45, 7) is 6.34. The van der Waals surface area contributed by atoms with Crippen LogP contribution in [0.3, 0.4) is 0 Å². The first kappa shape index (κ1) is 14.9. The van der Waals surface area contributed by atoms with Crippen molar-refractivity contribution < 1.29 is 0 Å². The molecule has 2 rings (SSSR count). The molecular weight excluding hydrogens is 246 g/mol. The Morgan fingerprint density at radius 2 is 1.85 bits per heavy atom. The molecule has 0 aliphatic heterocycles. The van der Waals surface area contributed by atoms with Gasteiger partial charge in [-0.3, -0.25) is 4.98 Å². The third-order valence-corrected chi connectivity index (χ3v) is 3.75. The quantitative estimate of drug-likeness (QED) is 0.875. The minimum absolute atomic E-state index is 0.551. The van der Waals surface area contributed by atoms with E-state index in [2.05, 4.69) is 67.4 Å². The maximum atomic E-state index is 4.69. The van der Waals surface area contributed by atoms with E-state index in [1.807, 2.05) is 12.1 Å². The first-order valence-corrected chi connectivity index (χ1v) is 7.29.